The molecule has 4 rings (SSSR count). The van der Waals surface area contributed by atoms with Crippen LogP contribution in [0.2, 0.25) is 0 Å². The Hall–Kier alpha value is -1.83. The minimum Gasteiger partial charge on any atom is -0.335 e. The van der Waals surface area contributed by atoms with Crippen molar-refractivity contribution in [1.29, 1.82) is 5.26 Å². The third-order valence-corrected chi connectivity index (χ3v) is 7.08. The Morgan fingerprint density at radius 2 is 2.10 bits per heavy atom. The second-order valence-electron chi connectivity index (χ2n) is 6.43. The number of rotatable bonds is 4. The van der Waals surface area contributed by atoms with Gasteiger partial charge < -0.3 is 4.98 Å². The molecule has 30 heavy (non-hydrogen) atoms. The Morgan fingerprint density at radius 1 is 1.37 bits per heavy atom. The van der Waals surface area contributed by atoms with Gasteiger partial charge in [-0.1, -0.05) is 26.8 Å². The highest BCUT2D eigenvalue weighted by molar-refractivity contribution is 14.2. The van der Waals surface area contributed by atoms with Gasteiger partial charge in [0.15, 0.2) is 5.82 Å². The second kappa shape index (κ2) is 9.54. The number of hydrogen-bond acceptors (Lipinski definition) is 4. The molecule has 5 nitrogen and oxygen atoms in total. The van der Waals surface area contributed by atoms with E-state index in [0.29, 0.717) is 22.2 Å². The predicted octanol–water partition coefficient (Wildman–Crippen LogP) is 7.13. The number of aromatic nitrogens is 3. The average Bonchev–Trinajstić information content (AvgIpc) is 3.35. The van der Waals surface area contributed by atoms with Crippen LogP contribution in [0.15, 0.2) is 34.9 Å². The zero-order valence-electron chi connectivity index (χ0n) is 17.0. The van der Waals surface area contributed by atoms with E-state index in [1.54, 1.807) is 27.3 Å². The molecule has 2 heterocycles. The lowest BCUT2D eigenvalue weighted by atomic mass is 9.94. The van der Waals surface area contributed by atoms with Crippen LogP contribution in [0.1, 0.15) is 53.6 Å². The molecule has 0 spiro atoms. The largest absolute Gasteiger partial charge is 0.335 e. The molecular weight excluding hydrogens is 575 g/mol. The van der Waals surface area contributed by atoms with Crippen LogP contribution in [-0.2, 0) is 6.42 Å². The third-order valence-electron chi connectivity index (χ3n) is 4.77. The molecule has 0 saturated heterocycles. The first-order chi connectivity index (χ1) is 14.5. The Morgan fingerprint density at radius 3 is 2.73 bits per heavy atom. The van der Waals surface area contributed by atoms with E-state index in [0.717, 1.165) is 32.9 Å². The van der Waals surface area contributed by atoms with Crippen molar-refractivity contribution >= 4 is 74.0 Å². The third kappa shape index (κ3) is 3.90. The Kier molecular flexibility index (Phi) is 7.26. The number of benzene rings is 2. The average molecular weight is 595 g/mol. The van der Waals surface area contributed by atoms with Crippen molar-refractivity contribution in [2.75, 3.05) is 0 Å². The summed E-state index contributed by atoms with van der Waals surface area (Å²) in [5, 5.41) is 10.0. The molecule has 2 aromatic heterocycles. The van der Waals surface area contributed by atoms with E-state index in [9.17, 15) is 4.79 Å². The topological polar surface area (TPSA) is 74.5 Å². The van der Waals surface area contributed by atoms with Crippen molar-refractivity contribution in [2.45, 2.75) is 34.1 Å². The maximum atomic E-state index is 13.5. The number of carbonyl (C=O) groups excluding carboxylic acids is 1. The van der Waals surface area contributed by atoms with Crippen molar-refractivity contribution in [1.82, 2.24) is 13.9 Å². The number of nitriles is 1. The monoisotopic (exact) mass is 594 g/mol. The first-order valence-electron chi connectivity index (χ1n) is 9.55. The summed E-state index contributed by atoms with van der Waals surface area (Å²) < 4.78 is 2.94. The molecule has 0 atom stereocenters. The van der Waals surface area contributed by atoms with E-state index in [1.165, 1.54) is 0 Å². The molecule has 0 aliphatic carbocycles. The van der Waals surface area contributed by atoms with Crippen molar-refractivity contribution in [2.24, 2.45) is 0 Å². The van der Waals surface area contributed by atoms with Gasteiger partial charge in [0.2, 0.25) is 5.78 Å². The van der Waals surface area contributed by atoms with Gasteiger partial charge in [-0.25, -0.2) is 4.98 Å². The van der Waals surface area contributed by atoms with Crippen LogP contribution >= 0.6 is 46.3 Å². The number of carbonyl (C=O) groups is 1. The lowest BCUT2D eigenvalue weighted by molar-refractivity contribution is 0.103. The van der Waals surface area contributed by atoms with Gasteiger partial charge in [-0.05, 0) is 58.6 Å². The number of fused-ring (bicyclic) bond motifs is 2. The number of ketones is 1. The molecule has 4 aromatic rings. The molecule has 154 valence electrons. The number of H-pyrrole nitrogens is 1. The number of aromatic amines is 1. The summed E-state index contributed by atoms with van der Waals surface area (Å²) in [5.74, 6) is 0.139. The summed E-state index contributed by atoms with van der Waals surface area (Å²) in [6.07, 6.45) is 2.73. The van der Waals surface area contributed by atoms with Crippen LogP contribution in [0.25, 0.3) is 21.9 Å². The first-order valence-corrected chi connectivity index (χ1v) is 13.7. The van der Waals surface area contributed by atoms with Gasteiger partial charge in [-0.15, -0.1) is 0 Å². The fourth-order valence-corrected chi connectivity index (χ4v) is 5.63. The zero-order valence-corrected chi connectivity index (χ0v) is 21.6. The molecule has 8 heteroatoms. The van der Waals surface area contributed by atoms with Gasteiger partial charge >= 0.3 is 0 Å². The molecule has 0 amide bonds. The van der Waals surface area contributed by atoms with Gasteiger partial charge in [-0.3, -0.25) is 8.77 Å². The van der Waals surface area contributed by atoms with E-state index in [-0.39, 0.29) is 11.6 Å². The number of halogens is 2. The minimum atomic E-state index is -0.145. The van der Waals surface area contributed by atoms with E-state index in [4.69, 9.17) is 5.26 Å². The van der Waals surface area contributed by atoms with Gasteiger partial charge in [-0.2, -0.15) is 5.26 Å². The highest BCUT2D eigenvalue weighted by Crippen LogP contribution is 2.38. The van der Waals surface area contributed by atoms with Crippen LogP contribution in [-0.4, -0.2) is 19.7 Å². The van der Waals surface area contributed by atoms with Crippen LogP contribution in [0.5, 0.6) is 0 Å². The molecule has 0 unspecified atom stereocenters. The molecule has 0 aliphatic heterocycles. The summed E-state index contributed by atoms with van der Waals surface area (Å²) >= 11 is 5.88. The Labute approximate surface area is 200 Å². The normalized spacial score (nSPS) is 10.7. The van der Waals surface area contributed by atoms with E-state index < -0.39 is 0 Å². The van der Waals surface area contributed by atoms with E-state index in [2.05, 4.69) is 70.1 Å². The maximum Gasteiger partial charge on any atom is 0.229 e. The molecular formula is C22H20BrIN4OS. The van der Waals surface area contributed by atoms with Gasteiger partial charge in [0.05, 0.1) is 28.2 Å². The van der Waals surface area contributed by atoms with Crippen LogP contribution in [0, 0.1) is 18.3 Å². The van der Waals surface area contributed by atoms with Crippen LogP contribution < -0.4 is 0 Å². The first kappa shape index (κ1) is 22.8. The van der Waals surface area contributed by atoms with Crippen molar-refractivity contribution in [3.63, 3.8) is 0 Å². The molecule has 0 bridgehead atoms. The lowest BCUT2D eigenvalue weighted by Crippen LogP contribution is -2.09. The SMILES string of the molecule is CC.CCc1cc(C)c2c(c(Br)cn2SI)c1C(=O)c1nc2ccc(C#N)cc2[nH]1. The molecule has 2 aromatic carbocycles. The molecule has 1 N–H and O–H groups in total. The Bertz CT molecular complexity index is 1300. The number of aryl methyl sites for hydroxylation is 2. The van der Waals surface area contributed by atoms with Gasteiger partial charge in [0, 0.05) is 51.9 Å². The fraction of sp³-hybridized carbons (Fsp3) is 0.227. The zero-order chi connectivity index (χ0) is 22.0. The number of nitrogens with zero attached hydrogens (tertiary/aromatic N) is 3. The summed E-state index contributed by atoms with van der Waals surface area (Å²) in [7, 11) is 1.56. The molecule has 0 saturated carbocycles. The summed E-state index contributed by atoms with van der Waals surface area (Å²) in [6.45, 7) is 8.11. The van der Waals surface area contributed by atoms with Crippen LogP contribution in [0.4, 0.5) is 0 Å². The fourth-order valence-electron chi connectivity index (χ4n) is 3.52. The lowest BCUT2D eigenvalue weighted by Gasteiger charge is -2.12. The summed E-state index contributed by atoms with van der Waals surface area (Å²) in [4.78, 5) is 21.1. The standard InChI is InChI=1S/C20H14BrIN4OS.C2H6/c1-3-12-6-10(2)18-17(13(21)9-26(18)28-22)16(12)19(27)20-24-14-5-4-11(8-23)7-15(14)25-20;1-2/h4-7,9H,3H2,1-2H3,(H,24,25);1-2H3. The number of hydrogen-bond donors (Lipinski definition) is 1. The van der Waals surface area contributed by atoms with E-state index in [1.807, 2.05) is 27.0 Å². The molecule has 0 radical (unpaired) electrons. The van der Waals surface area contributed by atoms with E-state index >= 15 is 0 Å². The maximum absolute atomic E-state index is 13.5. The van der Waals surface area contributed by atoms with Crippen molar-refractivity contribution < 1.29 is 4.79 Å². The number of nitrogens with one attached hydrogen (secondary N) is 1. The highest BCUT2D eigenvalue weighted by Gasteiger charge is 2.24. The molecule has 0 fully saturated rings. The summed E-state index contributed by atoms with van der Waals surface area (Å²) in [5.41, 5.74) is 5.69. The second-order valence-corrected chi connectivity index (χ2v) is 9.00. The van der Waals surface area contributed by atoms with Crippen LogP contribution in [0.3, 0.4) is 0 Å². The predicted molar refractivity (Wildman–Crippen MR) is 136 cm³/mol. The van der Waals surface area contributed by atoms with Gasteiger partial charge in [0.25, 0.3) is 0 Å². The number of imidazole rings is 1. The summed E-state index contributed by atoms with van der Waals surface area (Å²) in [6, 6.07) is 9.36. The minimum absolute atomic E-state index is 0.145. The quantitative estimate of drug-likeness (QED) is 0.201. The van der Waals surface area contributed by atoms with Crippen molar-refractivity contribution in [3.8, 4) is 6.07 Å². The van der Waals surface area contributed by atoms with Crippen molar-refractivity contribution in [3.05, 3.63) is 63.0 Å². The Balaban J connectivity index is 0.00000124. The highest BCUT2D eigenvalue weighted by atomic mass is 127. The van der Waals surface area contributed by atoms with Gasteiger partial charge in [0.1, 0.15) is 0 Å². The molecule has 0 aliphatic rings. The smallest absolute Gasteiger partial charge is 0.229 e.